The van der Waals surface area contributed by atoms with Gasteiger partial charge in [-0.1, -0.05) is 0 Å². The van der Waals surface area contributed by atoms with Crippen LogP contribution in [0.15, 0.2) is 6.07 Å². The largest absolute Gasteiger partial charge is 0.357 e. The zero-order chi connectivity index (χ0) is 14.0. The summed E-state index contributed by atoms with van der Waals surface area (Å²) in [4.78, 5) is 9.08. The summed E-state index contributed by atoms with van der Waals surface area (Å²) in [6.45, 7) is 6.06. The van der Waals surface area contributed by atoms with Gasteiger partial charge >= 0.3 is 0 Å². The average molecular weight is 258 g/mol. The van der Waals surface area contributed by atoms with Crippen LogP contribution in [0.1, 0.15) is 29.7 Å². The molecule has 1 saturated heterocycles. The molecule has 0 radical (unpaired) electrons. The Bertz CT molecular complexity index is 504. The van der Waals surface area contributed by atoms with E-state index in [4.69, 9.17) is 0 Å². The Hall–Kier alpha value is -1.60. The maximum Gasteiger partial charge on any atom is 0.146 e. The summed E-state index contributed by atoms with van der Waals surface area (Å²) in [6, 6.07) is 4.83. The van der Waals surface area contributed by atoms with Gasteiger partial charge in [0.15, 0.2) is 0 Å². The summed E-state index contributed by atoms with van der Waals surface area (Å²) in [5.41, 5.74) is 2.68. The molecule has 0 bridgehead atoms. The summed E-state index contributed by atoms with van der Waals surface area (Å²) in [5, 5.41) is 9.32. The van der Waals surface area contributed by atoms with Crippen LogP contribution in [-0.4, -0.2) is 43.1 Å². The van der Waals surface area contributed by atoms with Gasteiger partial charge in [-0.15, -0.1) is 0 Å². The highest BCUT2D eigenvalue weighted by Gasteiger charge is 2.23. The minimum atomic E-state index is 0.569. The molecule has 4 heteroatoms. The number of aromatic nitrogens is 1. The second-order valence-electron chi connectivity index (χ2n) is 5.55. The number of likely N-dealkylation sites (tertiary alicyclic amines) is 1. The molecule has 1 atom stereocenters. The van der Waals surface area contributed by atoms with Gasteiger partial charge in [0.2, 0.25) is 0 Å². The lowest BCUT2D eigenvalue weighted by Crippen LogP contribution is -2.37. The van der Waals surface area contributed by atoms with E-state index in [1.807, 2.05) is 27.0 Å². The van der Waals surface area contributed by atoms with Crippen LogP contribution in [-0.2, 0) is 0 Å². The number of nitriles is 1. The number of aryl methyl sites for hydroxylation is 2. The predicted octanol–water partition coefficient (Wildman–Crippen LogP) is 2.10. The maximum absolute atomic E-state index is 9.32. The Morgan fingerprint density at radius 1 is 1.53 bits per heavy atom. The fourth-order valence-electron chi connectivity index (χ4n) is 2.84. The number of likely N-dealkylation sites (N-methyl/N-ethyl adjacent to an activating group) is 2. The Morgan fingerprint density at radius 3 is 2.84 bits per heavy atom. The topological polar surface area (TPSA) is 43.2 Å². The van der Waals surface area contributed by atoms with Crippen molar-refractivity contribution >= 4 is 5.82 Å². The average Bonchev–Trinajstić information content (AvgIpc) is 2.74. The van der Waals surface area contributed by atoms with Gasteiger partial charge in [0.1, 0.15) is 11.9 Å². The Kier molecular flexibility index (Phi) is 4.06. The van der Waals surface area contributed by atoms with Crippen LogP contribution in [0.4, 0.5) is 5.82 Å². The van der Waals surface area contributed by atoms with Crippen molar-refractivity contribution in [1.82, 2.24) is 9.88 Å². The summed E-state index contributed by atoms with van der Waals surface area (Å²) in [5.74, 6) is 0.820. The first-order valence-corrected chi connectivity index (χ1v) is 6.82. The smallest absolute Gasteiger partial charge is 0.146 e. The zero-order valence-electron chi connectivity index (χ0n) is 12.3. The molecule has 2 heterocycles. The highest BCUT2D eigenvalue weighted by molar-refractivity contribution is 5.57. The van der Waals surface area contributed by atoms with E-state index in [2.05, 4.69) is 27.9 Å². The highest BCUT2D eigenvalue weighted by Crippen LogP contribution is 2.23. The van der Waals surface area contributed by atoms with Crippen LogP contribution in [0.25, 0.3) is 0 Å². The van der Waals surface area contributed by atoms with Gasteiger partial charge in [0.25, 0.3) is 0 Å². The summed E-state index contributed by atoms with van der Waals surface area (Å²) < 4.78 is 0. The molecule has 0 N–H and O–H groups in total. The zero-order valence-corrected chi connectivity index (χ0v) is 12.3. The molecule has 1 unspecified atom stereocenters. The number of hydrogen-bond donors (Lipinski definition) is 0. The SMILES string of the molecule is Cc1cc(C)c(C#N)c(N(C)CC2CCCN2C)n1. The molecule has 2 rings (SSSR count). The molecular weight excluding hydrogens is 236 g/mol. The second-order valence-corrected chi connectivity index (χ2v) is 5.55. The Labute approximate surface area is 115 Å². The lowest BCUT2D eigenvalue weighted by molar-refractivity contribution is 0.314. The fraction of sp³-hybridized carbons (Fsp3) is 0.600. The van der Waals surface area contributed by atoms with Crippen molar-refractivity contribution in [2.24, 2.45) is 0 Å². The molecule has 0 spiro atoms. The molecule has 102 valence electrons. The fourth-order valence-corrected chi connectivity index (χ4v) is 2.84. The van der Waals surface area contributed by atoms with Crippen molar-refractivity contribution in [3.05, 3.63) is 22.9 Å². The van der Waals surface area contributed by atoms with Crippen LogP contribution in [0, 0.1) is 25.2 Å². The van der Waals surface area contributed by atoms with Gasteiger partial charge in [-0.05, 0) is 51.9 Å². The summed E-state index contributed by atoms with van der Waals surface area (Å²) in [7, 11) is 4.21. The maximum atomic E-state index is 9.32. The molecule has 0 aliphatic carbocycles. The monoisotopic (exact) mass is 258 g/mol. The van der Waals surface area contributed by atoms with Crippen LogP contribution in [0.3, 0.4) is 0 Å². The Morgan fingerprint density at radius 2 is 2.26 bits per heavy atom. The van der Waals surface area contributed by atoms with Crippen LogP contribution in [0.5, 0.6) is 0 Å². The molecule has 1 fully saturated rings. The number of nitrogens with zero attached hydrogens (tertiary/aromatic N) is 4. The van der Waals surface area contributed by atoms with E-state index in [-0.39, 0.29) is 0 Å². The van der Waals surface area contributed by atoms with Gasteiger partial charge in [-0.25, -0.2) is 4.98 Å². The van der Waals surface area contributed by atoms with E-state index in [1.165, 1.54) is 19.4 Å². The normalized spacial score (nSPS) is 19.4. The number of pyridine rings is 1. The number of anilines is 1. The third kappa shape index (κ3) is 2.87. The molecule has 19 heavy (non-hydrogen) atoms. The quantitative estimate of drug-likeness (QED) is 0.832. The van der Waals surface area contributed by atoms with E-state index >= 15 is 0 Å². The third-order valence-corrected chi connectivity index (χ3v) is 3.96. The minimum Gasteiger partial charge on any atom is -0.357 e. The standard InChI is InChI=1S/C15H22N4/c1-11-8-12(2)17-15(14(11)9-16)19(4)10-13-6-5-7-18(13)3/h8,13H,5-7,10H2,1-4H3. The molecule has 4 nitrogen and oxygen atoms in total. The van der Waals surface area contributed by atoms with Crippen molar-refractivity contribution in [1.29, 1.82) is 5.26 Å². The van der Waals surface area contributed by atoms with Crippen LogP contribution >= 0.6 is 0 Å². The number of rotatable bonds is 3. The van der Waals surface area contributed by atoms with Crippen molar-refractivity contribution < 1.29 is 0 Å². The molecular formula is C15H22N4. The third-order valence-electron chi connectivity index (χ3n) is 3.96. The molecule has 1 aliphatic rings. The summed E-state index contributed by atoms with van der Waals surface area (Å²) >= 11 is 0. The van der Waals surface area contributed by atoms with Gasteiger partial charge in [0, 0.05) is 25.3 Å². The van der Waals surface area contributed by atoms with Crippen molar-refractivity contribution in [3.8, 4) is 6.07 Å². The molecule has 1 aromatic heterocycles. The van der Waals surface area contributed by atoms with Crippen molar-refractivity contribution in [2.45, 2.75) is 32.7 Å². The lowest BCUT2D eigenvalue weighted by Gasteiger charge is -2.27. The number of hydrogen-bond acceptors (Lipinski definition) is 4. The van der Waals surface area contributed by atoms with Gasteiger partial charge in [-0.3, -0.25) is 0 Å². The minimum absolute atomic E-state index is 0.569. The molecule has 0 saturated carbocycles. The molecule has 1 aromatic rings. The highest BCUT2D eigenvalue weighted by atomic mass is 15.2. The first-order chi connectivity index (χ1) is 9.02. The van der Waals surface area contributed by atoms with E-state index in [1.54, 1.807) is 0 Å². The van der Waals surface area contributed by atoms with Gasteiger partial charge < -0.3 is 9.80 Å². The first kappa shape index (κ1) is 13.8. The van der Waals surface area contributed by atoms with Crippen LogP contribution < -0.4 is 4.90 Å². The van der Waals surface area contributed by atoms with Gasteiger partial charge in [0.05, 0.1) is 5.56 Å². The van der Waals surface area contributed by atoms with Crippen molar-refractivity contribution in [2.75, 3.05) is 32.1 Å². The molecule has 0 amide bonds. The molecule has 0 aromatic carbocycles. The van der Waals surface area contributed by atoms with Crippen LogP contribution in [0.2, 0.25) is 0 Å². The first-order valence-electron chi connectivity index (χ1n) is 6.82. The van der Waals surface area contributed by atoms with E-state index in [9.17, 15) is 5.26 Å². The van der Waals surface area contributed by atoms with E-state index in [0.29, 0.717) is 11.6 Å². The lowest BCUT2D eigenvalue weighted by atomic mass is 10.1. The van der Waals surface area contributed by atoms with Gasteiger partial charge in [-0.2, -0.15) is 5.26 Å². The van der Waals surface area contributed by atoms with Crippen molar-refractivity contribution in [3.63, 3.8) is 0 Å². The summed E-state index contributed by atoms with van der Waals surface area (Å²) in [6.07, 6.45) is 2.49. The molecule has 1 aliphatic heterocycles. The predicted molar refractivity (Wildman–Crippen MR) is 77.3 cm³/mol. The second kappa shape index (κ2) is 5.58. The van der Waals surface area contributed by atoms with E-state index in [0.717, 1.165) is 23.6 Å². The Balaban J connectivity index is 2.23. The van der Waals surface area contributed by atoms with E-state index < -0.39 is 0 Å².